The van der Waals surface area contributed by atoms with Crippen LogP contribution in [-0.4, -0.2) is 37.1 Å². The molecule has 100 valence electrons. The summed E-state index contributed by atoms with van der Waals surface area (Å²) >= 11 is 4.87. The van der Waals surface area contributed by atoms with Gasteiger partial charge in [-0.3, -0.25) is 9.59 Å². The van der Waals surface area contributed by atoms with Crippen LogP contribution in [0, 0.1) is 0 Å². The lowest BCUT2D eigenvalue weighted by atomic mass is 10.1. The van der Waals surface area contributed by atoms with E-state index < -0.39 is 11.8 Å². The number of carbonyl (C=O) groups excluding carboxylic acids is 2. The molecular formula is C12H12N2O4S. The number of methoxy groups -OCH3 is 1. The van der Waals surface area contributed by atoms with Gasteiger partial charge in [0.1, 0.15) is 24.0 Å². The third-order valence-corrected chi connectivity index (χ3v) is 2.89. The lowest BCUT2D eigenvalue weighted by Gasteiger charge is -2.26. The quantitative estimate of drug-likeness (QED) is 0.630. The molecule has 0 atom stereocenters. The molecule has 2 amide bonds. The number of thiocarbonyl (C=S) groups is 1. The Bertz CT molecular complexity index is 543. The standard InChI is InChI=1S/C12H12N2O4S/c1-17-9-4-7(12(13)19)2-3-8(9)14-10(15)5-18-6-11(14)16/h2-4H,5-6H2,1H3,(H2,13,19). The molecule has 0 radical (unpaired) electrons. The summed E-state index contributed by atoms with van der Waals surface area (Å²) in [6, 6.07) is 4.80. The summed E-state index contributed by atoms with van der Waals surface area (Å²) < 4.78 is 10.0. The number of morpholine rings is 1. The molecule has 0 unspecified atom stereocenters. The molecule has 1 aromatic rings. The van der Waals surface area contributed by atoms with E-state index in [0.717, 1.165) is 4.90 Å². The Labute approximate surface area is 115 Å². The van der Waals surface area contributed by atoms with Crippen molar-refractivity contribution in [1.82, 2.24) is 0 Å². The van der Waals surface area contributed by atoms with Gasteiger partial charge in [-0.05, 0) is 18.2 Å². The van der Waals surface area contributed by atoms with Crippen LogP contribution in [-0.2, 0) is 14.3 Å². The Morgan fingerprint density at radius 3 is 2.53 bits per heavy atom. The van der Waals surface area contributed by atoms with Gasteiger partial charge in [-0.15, -0.1) is 0 Å². The Morgan fingerprint density at radius 2 is 2.00 bits per heavy atom. The van der Waals surface area contributed by atoms with E-state index >= 15 is 0 Å². The summed E-state index contributed by atoms with van der Waals surface area (Å²) in [7, 11) is 1.44. The molecule has 0 bridgehead atoms. The van der Waals surface area contributed by atoms with E-state index in [9.17, 15) is 9.59 Å². The highest BCUT2D eigenvalue weighted by Crippen LogP contribution is 2.30. The first-order chi connectivity index (χ1) is 9.04. The highest BCUT2D eigenvalue weighted by Gasteiger charge is 2.30. The molecule has 2 rings (SSSR count). The van der Waals surface area contributed by atoms with Gasteiger partial charge in [0.25, 0.3) is 11.8 Å². The zero-order valence-corrected chi connectivity index (χ0v) is 11.0. The second-order valence-corrected chi connectivity index (χ2v) is 4.31. The van der Waals surface area contributed by atoms with E-state index in [4.69, 9.17) is 27.4 Å². The molecule has 0 spiro atoms. The average molecular weight is 280 g/mol. The zero-order chi connectivity index (χ0) is 14.0. The first kappa shape index (κ1) is 13.4. The van der Waals surface area contributed by atoms with Gasteiger partial charge in [-0.2, -0.15) is 0 Å². The van der Waals surface area contributed by atoms with Crippen molar-refractivity contribution in [2.24, 2.45) is 5.73 Å². The minimum absolute atomic E-state index is 0.133. The van der Waals surface area contributed by atoms with Gasteiger partial charge in [-0.25, -0.2) is 4.90 Å². The van der Waals surface area contributed by atoms with E-state index in [1.54, 1.807) is 18.2 Å². The first-order valence-corrected chi connectivity index (χ1v) is 5.86. The highest BCUT2D eigenvalue weighted by atomic mass is 32.1. The van der Waals surface area contributed by atoms with E-state index in [2.05, 4.69) is 0 Å². The van der Waals surface area contributed by atoms with Gasteiger partial charge in [-0.1, -0.05) is 12.2 Å². The van der Waals surface area contributed by atoms with Crippen molar-refractivity contribution in [3.63, 3.8) is 0 Å². The maximum atomic E-state index is 11.8. The van der Waals surface area contributed by atoms with E-state index in [1.807, 2.05) is 0 Å². The summed E-state index contributed by atoms with van der Waals surface area (Å²) in [6.07, 6.45) is 0. The fraction of sp³-hybridized carbons (Fsp3) is 0.250. The summed E-state index contributed by atoms with van der Waals surface area (Å²) in [4.78, 5) is 24.8. The van der Waals surface area contributed by atoms with Crippen molar-refractivity contribution < 1.29 is 19.1 Å². The Hall–Kier alpha value is -1.99. The van der Waals surface area contributed by atoms with E-state index in [-0.39, 0.29) is 18.2 Å². The second kappa shape index (κ2) is 5.33. The van der Waals surface area contributed by atoms with Crippen molar-refractivity contribution in [3.8, 4) is 5.75 Å². The first-order valence-electron chi connectivity index (χ1n) is 5.46. The van der Waals surface area contributed by atoms with Crippen LogP contribution in [0.1, 0.15) is 5.56 Å². The number of hydrogen-bond donors (Lipinski definition) is 1. The van der Waals surface area contributed by atoms with Crippen LogP contribution in [0.4, 0.5) is 5.69 Å². The Morgan fingerprint density at radius 1 is 1.37 bits per heavy atom. The number of hydrogen-bond acceptors (Lipinski definition) is 5. The monoisotopic (exact) mass is 280 g/mol. The molecule has 0 saturated carbocycles. The number of amides is 2. The fourth-order valence-corrected chi connectivity index (χ4v) is 1.91. The third-order valence-electron chi connectivity index (χ3n) is 2.66. The van der Waals surface area contributed by atoms with Gasteiger partial charge in [0.2, 0.25) is 0 Å². The van der Waals surface area contributed by atoms with Crippen LogP contribution >= 0.6 is 12.2 Å². The maximum Gasteiger partial charge on any atom is 0.259 e. The molecule has 1 fully saturated rings. The predicted molar refractivity (Wildman–Crippen MR) is 72.2 cm³/mol. The van der Waals surface area contributed by atoms with Crippen LogP contribution in [0.5, 0.6) is 5.75 Å². The van der Waals surface area contributed by atoms with Gasteiger partial charge >= 0.3 is 0 Å². The highest BCUT2D eigenvalue weighted by molar-refractivity contribution is 7.80. The van der Waals surface area contributed by atoms with Crippen molar-refractivity contribution >= 4 is 34.7 Å². The zero-order valence-electron chi connectivity index (χ0n) is 10.2. The van der Waals surface area contributed by atoms with Crippen molar-refractivity contribution in [1.29, 1.82) is 0 Å². The van der Waals surface area contributed by atoms with Crippen molar-refractivity contribution in [3.05, 3.63) is 23.8 Å². The number of carbonyl (C=O) groups is 2. The fourth-order valence-electron chi connectivity index (χ4n) is 1.78. The van der Waals surface area contributed by atoms with Gasteiger partial charge in [0.15, 0.2) is 0 Å². The second-order valence-electron chi connectivity index (χ2n) is 3.87. The number of rotatable bonds is 3. The molecule has 2 N–H and O–H groups in total. The lowest BCUT2D eigenvalue weighted by molar-refractivity contribution is -0.138. The normalized spacial score (nSPS) is 15.5. The van der Waals surface area contributed by atoms with Gasteiger partial charge in [0, 0.05) is 5.56 Å². The minimum atomic E-state index is -0.433. The number of nitrogens with two attached hydrogens (primary N) is 1. The number of ether oxygens (including phenoxy) is 2. The summed E-state index contributed by atoms with van der Waals surface area (Å²) in [6.45, 7) is -0.266. The van der Waals surface area contributed by atoms with Gasteiger partial charge in [0.05, 0.1) is 12.8 Å². The Balaban J connectivity index is 2.46. The molecule has 1 saturated heterocycles. The summed E-state index contributed by atoms with van der Waals surface area (Å²) in [5, 5.41) is 0. The molecule has 1 heterocycles. The molecule has 0 aliphatic carbocycles. The molecule has 0 aromatic heterocycles. The number of anilines is 1. The molecule has 1 aliphatic heterocycles. The summed E-state index contributed by atoms with van der Waals surface area (Å²) in [5.41, 5.74) is 6.49. The molecule has 7 heteroatoms. The van der Waals surface area contributed by atoms with Gasteiger partial charge < -0.3 is 15.2 Å². The van der Waals surface area contributed by atoms with Crippen LogP contribution in [0.15, 0.2) is 18.2 Å². The van der Waals surface area contributed by atoms with E-state index in [1.165, 1.54) is 7.11 Å². The topological polar surface area (TPSA) is 81.9 Å². The predicted octanol–water partition coefficient (Wildman–Crippen LogP) is 0.219. The average Bonchev–Trinajstić information content (AvgIpc) is 2.38. The molecule has 1 aliphatic rings. The number of benzene rings is 1. The van der Waals surface area contributed by atoms with E-state index in [0.29, 0.717) is 17.0 Å². The third kappa shape index (κ3) is 2.56. The van der Waals surface area contributed by atoms with Crippen LogP contribution < -0.4 is 15.4 Å². The lowest BCUT2D eigenvalue weighted by Crippen LogP contribution is -2.46. The largest absolute Gasteiger partial charge is 0.495 e. The minimum Gasteiger partial charge on any atom is -0.495 e. The molecule has 6 nitrogen and oxygen atoms in total. The van der Waals surface area contributed by atoms with Crippen molar-refractivity contribution in [2.75, 3.05) is 25.2 Å². The SMILES string of the molecule is COc1cc(C(N)=S)ccc1N1C(=O)COCC1=O. The number of imide groups is 1. The Kier molecular flexibility index (Phi) is 3.77. The molecular weight excluding hydrogens is 268 g/mol. The van der Waals surface area contributed by atoms with Crippen molar-refractivity contribution in [2.45, 2.75) is 0 Å². The summed E-state index contributed by atoms with van der Waals surface area (Å²) in [5.74, 6) is -0.510. The van der Waals surface area contributed by atoms with Crippen LogP contribution in [0.25, 0.3) is 0 Å². The molecule has 19 heavy (non-hydrogen) atoms. The number of nitrogens with zero attached hydrogens (tertiary/aromatic N) is 1. The smallest absolute Gasteiger partial charge is 0.259 e. The van der Waals surface area contributed by atoms with Crippen LogP contribution in [0.2, 0.25) is 0 Å². The van der Waals surface area contributed by atoms with Crippen LogP contribution in [0.3, 0.4) is 0 Å². The maximum absolute atomic E-state index is 11.8. The molecule has 1 aromatic carbocycles.